The van der Waals surface area contributed by atoms with Gasteiger partial charge in [-0.05, 0) is 19.9 Å². The van der Waals surface area contributed by atoms with E-state index in [-0.39, 0.29) is 22.9 Å². The number of hydrogen-bond donors (Lipinski definition) is 2. The number of nitrogen functional groups attached to an aromatic ring is 1. The van der Waals surface area contributed by atoms with Crippen molar-refractivity contribution in [3.63, 3.8) is 0 Å². The van der Waals surface area contributed by atoms with E-state index in [0.29, 0.717) is 18.7 Å². The molecule has 5 nitrogen and oxygen atoms in total. The van der Waals surface area contributed by atoms with E-state index in [1.807, 2.05) is 13.8 Å². The molecule has 0 aliphatic carbocycles. The highest BCUT2D eigenvalue weighted by Gasteiger charge is 2.09. The number of pyridine rings is 1. The van der Waals surface area contributed by atoms with Gasteiger partial charge in [-0.2, -0.15) is 0 Å². The van der Waals surface area contributed by atoms with Crippen LogP contribution < -0.4 is 11.1 Å². The van der Waals surface area contributed by atoms with Crippen molar-refractivity contribution in [3.05, 3.63) is 22.8 Å². The summed E-state index contributed by atoms with van der Waals surface area (Å²) in [6.45, 7) is 4.85. The lowest BCUT2D eigenvalue weighted by molar-refractivity contribution is 0.0695. The van der Waals surface area contributed by atoms with Crippen LogP contribution in [0.4, 0.5) is 5.82 Å². The van der Waals surface area contributed by atoms with Crippen molar-refractivity contribution in [3.8, 4) is 0 Å². The summed E-state index contributed by atoms with van der Waals surface area (Å²) in [6, 6.07) is 1.49. The molecule has 1 aromatic heterocycles. The molecular formula is C11H16ClN3O2. The number of hydrogen-bond acceptors (Lipinski definition) is 4. The number of carbonyl (C=O) groups excluding carboxylic acids is 1. The topological polar surface area (TPSA) is 77.2 Å². The summed E-state index contributed by atoms with van der Waals surface area (Å²) in [5, 5.41) is 3.00. The van der Waals surface area contributed by atoms with Gasteiger partial charge in [0.2, 0.25) is 0 Å². The number of anilines is 1. The third-order valence-electron chi connectivity index (χ3n) is 2.13. The second kappa shape index (κ2) is 6.42. The average Bonchev–Trinajstić information content (AvgIpc) is 2.30. The molecule has 1 amide bonds. The molecule has 0 aliphatic heterocycles. The van der Waals surface area contributed by atoms with Crippen LogP contribution in [0.25, 0.3) is 0 Å². The number of halogens is 1. The number of nitrogens with zero attached hydrogens (tertiary/aromatic N) is 1. The van der Waals surface area contributed by atoms with Crippen LogP contribution in [0.5, 0.6) is 0 Å². The molecule has 0 saturated carbocycles. The van der Waals surface area contributed by atoms with Crippen LogP contribution in [0.2, 0.25) is 5.02 Å². The highest BCUT2D eigenvalue weighted by atomic mass is 35.5. The van der Waals surface area contributed by atoms with E-state index >= 15 is 0 Å². The first-order valence-corrected chi connectivity index (χ1v) is 5.73. The second-order valence-corrected chi connectivity index (χ2v) is 3.97. The number of rotatable bonds is 5. The van der Waals surface area contributed by atoms with Gasteiger partial charge in [0.15, 0.2) is 0 Å². The number of nitrogens with two attached hydrogens (primary N) is 1. The van der Waals surface area contributed by atoms with Gasteiger partial charge < -0.3 is 15.8 Å². The summed E-state index contributed by atoms with van der Waals surface area (Å²) in [4.78, 5) is 15.5. The van der Waals surface area contributed by atoms with Gasteiger partial charge in [0.05, 0.1) is 16.7 Å². The van der Waals surface area contributed by atoms with Crippen LogP contribution >= 0.6 is 11.6 Å². The Kier molecular flexibility index (Phi) is 5.18. The number of nitrogens with one attached hydrogen (secondary N) is 1. The fraction of sp³-hybridized carbons (Fsp3) is 0.455. The molecule has 17 heavy (non-hydrogen) atoms. The van der Waals surface area contributed by atoms with Gasteiger partial charge in [-0.1, -0.05) is 11.6 Å². The van der Waals surface area contributed by atoms with Crippen LogP contribution in [-0.4, -0.2) is 30.1 Å². The molecule has 0 saturated heterocycles. The van der Waals surface area contributed by atoms with Crippen molar-refractivity contribution < 1.29 is 9.53 Å². The van der Waals surface area contributed by atoms with Gasteiger partial charge in [-0.3, -0.25) is 4.79 Å². The molecule has 0 aliphatic rings. The van der Waals surface area contributed by atoms with Crippen molar-refractivity contribution in [2.24, 2.45) is 0 Å². The Labute approximate surface area is 105 Å². The van der Waals surface area contributed by atoms with Crippen LogP contribution in [0.15, 0.2) is 12.3 Å². The van der Waals surface area contributed by atoms with Crippen LogP contribution in [0.1, 0.15) is 24.2 Å². The zero-order valence-corrected chi connectivity index (χ0v) is 10.6. The molecular weight excluding hydrogens is 242 g/mol. The zero-order chi connectivity index (χ0) is 12.8. The Bertz CT molecular complexity index is 398. The summed E-state index contributed by atoms with van der Waals surface area (Å²) >= 11 is 5.78. The molecule has 1 atom stereocenters. The summed E-state index contributed by atoms with van der Waals surface area (Å²) in [5.74, 6) is -0.0307. The van der Waals surface area contributed by atoms with Crippen molar-refractivity contribution in [1.82, 2.24) is 10.3 Å². The van der Waals surface area contributed by atoms with E-state index < -0.39 is 0 Å². The molecule has 0 bridgehead atoms. The predicted octanol–water partition coefficient (Wildman–Crippen LogP) is 1.47. The minimum Gasteiger partial charge on any atom is -0.382 e. The quantitative estimate of drug-likeness (QED) is 0.838. The van der Waals surface area contributed by atoms with E-state index in [9.17, 15) is 4.79 Å². The van der Waals surface area contributed by atoms with Gasteiger partial charge in [-0.15, -0.1) is 0 Å². The van der Waals surface area contributed by atoms with Crippen molar-refractivity contribution >= 4 is 23.3 Å². The van der Waals surface area contributed by atoms with Crippen LogP contribution in [-0.2, 0) is 4.74 Å². The Hall–Kier alpha value is -1.33. The highest BCUT2D eigenvalue weighted by molar-refractivity contribution is 6.33. The molecule has 1 unspecified atom stereocenters. The minimum atomic E-state index is -0.244. The summed E-state index contributed by atoms with van der Waals surface area (Å²) in [6.07, 6.45) is 1.36. The van der Waals surface area contributed by atoms with Crippen LogP contribution in [0.3, 0.4) is 0 Å². The van der Waals surface area contributed by atoms with E-state index in [1.165, 1.54) is 12.3 Å². The van der Waals surface area contributed by atoms with E-state index in [4.69, 9.17) is 22.1 Å². The Morgan fingerprint density at radius 2 is 2.41 bits per heavy atom. The number of ether oxygens (including phenoxy) is 1. The van der Waals surface area contributed by atoms with Crippen molar-refractivity contribution in [1.29, 1.82) is 0 Å². The molecule has 0 radical (unpaired) electrons. The lowest BCUT2D eigenvalue weighted by Gasteiger charge is -2.12. The first kappa shape index (κ1) is 13.7. The SMILES string of the molecule is CCOC(C)CNC(=O)c1cnc(N)c(Cl)c1. The average molecular weight is 258 g/mol. The lowest BCUT2D eigenvalue weighted by atomic mass is 10.2. The first-order valence-electron chi connectivity index (χ1n) is 5.35. The molecule has 94 valence electrons. The predicted molar refractivity (Wildman–Crippen MR) is 67.1 cm³/mol. The molecule has 3 N–H and O–H groups in total. The van der Waals surface area contributed by atoms with E-state index in [1.54, 1.807) is 0 Å². The number of amides is 1. The smallest absolute Gasteiger partial charge is 0.252 e. The van der Waals surface area contributed by atoms with Crippen LogP contribution in [0, 0.1) is 0 Å². The van der Waals surface area contributed by atoms with Crippen molar-refractivity contribution in [2.45, 2.75) is 20.0 Å². The fourth-order valence-corrected chi connectivity index (χ4v) is 1.42. The van der Waals surface area contributed by atoms with Gasteiger partial charge in [0, 0.05) is 19.3 Å². The Morgan fingerprint density at radius 1 is 1.71 bits per heavy atom. The monoisotopic (exact) mass is 257 g/mol. The normalized spacial score (nSPS) is 12.2. The maximum absolute atomic E-state index is 11.7. The maximum atomic E-state index is 11.7. The zero-order valence-electron chi connectivity index (χ0n) is 9.87. The Morgan fingerprint density at radius 3 is 3.00 bits per heavy atom. The molecule has 1 rings (SSSR count). The fourth-order valence-electron chi connectivity index (χ4n) is 1.25. The van der Waals surface area contributed by atoms with Gasteiger partial charge in [0.1, 0.15) is 5.82 Å². The first-order chi connectivity index (χ1) is 8.04. The van der Waals surface area contributed by atoms with E-state index in [0.717, 1.165) is 0 Å². The van der Waals surface area contributed by atoms with Crippen molar-refractivity contribution in [2.75, 3.05) is 18.9 Å². The molecule has 0 fully saturated rings. The third-order valence-corrected chi connectivity index (χ3v) is 2.44. The standard InChI is InChI=1S/C11H16ClN3O2/c1-3-17-7(2)5-15-11(16)8-4-9(12)10(13)14-6-8/h4,6-7H,3,5H2,1-2H3,(H2,13,14)(H,15,16). The van der Waals surface area contributed by atoms with Gasteiger partial charge in [-0.25, -0.2) is 4.98 Å². The largest absolute Gasteiger partial charge is 0.382 e. The molecule has 0 spiro atoms. The molecule has 0 aromatic carbocycles. The summed E-state index contributed by atoms with van der Waals surface area (Å²) in [7, 11) is 0. The number of aromatic nitrogens is 1. The maximum Gasteiger partial charge on any atom is 0.252 e. The van der Waals surface area contributed by atoms with Gasteiger partial charge in [0.25, 0.3) is 5.91 Å². The third kappa shape index (κ3) is 4.20. The minimum absolute atomic E-state index is 0.0267. The number of carbonyl (C=O) groups is 1. The highest BCUT2D eigenvalue weighted by Crippen LogP contribution is 2.16. The van der Waals surface area contributed by atoms with E-state index in [2.05, 4.69) is 10.3 Å². The van der Waals surface area contributed by atoms with Gasteiger partial charge >= 0.3 is 0 Å². The second-order valence-electron chi connectivity index (χ2n) is 3.57. The lowest BCUT2D eigenvalue weighted by Crippen LogP contribution is -2.32. The molecule has 1 aromatic rings. The molecule has 6 heteroatoms. The summed E-state index contributed by atoms with van der Waals surface area (Å²) in [5.41, 5.74) is 5.84. The Balaban J connectivity index is 2.55. The summed E-state index contributed by atoms with van der Waals surface area (Å²) < 4.78 is 5.29. The molecule has 1 heterocycles.